The van der Waals surface area contributed by atoms with Crippen LogP contribution in [0.4, 0.5) is 5.69 Å². The van der Waals surface area contributed by atoms with E-state index in [1.165, 1.54) is 5.56 Å². The van der Waals surface area contributed by atoms with Gasteiger partial charge in [0.05, 0.1) is 11.4 Å². The number of azo groups is 1. The Hall–Kier alpha value is -1.96. The molecule has 0 amide bonds. The summed E-state index contributed by atoms with van der Waals surface area (Å²) in [5, 5.41) is 8.62. The van der Waals surface area contributed by atoms with Crippen molar-refractivity contribution in [1.82, 2.24) is 0 Å². The molecule has 0 heterocycles. The van der Waals surface area contributed by atoms with Crippen molar-refractivity contribution in [3.05, 3.63) is 66.4 Å². The van der Waals surface area contributed by atoms with E-state index in [0.29, 0.717) is 0 Å². The molecule has 106 valence electrons. The summed E-state index contributed by atoms with van der Waals surface area (Å²) >= 11 is 0. The maximum Gasteiger partial charge on any atom is 0.0857 e. The van der Waals surface area contributed by atoms with Crippen LogP contribution in [0, 0.1) is 12.8 Å². The van der Waals surface area contributed by atoms with Crippen LogP contribution in [0.2, 0.25) is 0 Å². The molecule has 1 aromatic carbocycles. The average molecular weight is 268 g/mol. The predicted molar refractivity (Wildman–Crippen MR) is 87.2 cm³/mol. The highest BCUT2D eigenvalue weighted by atomic mass is 15.1. The molecule has 0 fully saturated rings. The smallest absolute Gasteiger partial charge is 0.0857 e. The molecule has 0 spiro atoms. The monoisotopic (exact) mass is 268 g/mol. The van der Waals surface area contributed by atoms with Crippen LogP contribution in [0.1, 0.15) is 32.3 Å². The fourth-order valence-corrected chi connectivity index (χ4v) is 1.56. The van der Waals surface area contributed by atoms with Gasteiger partial charge in [0.1, 0.15) is 0 Å². The van der Waals surface area contributed by atoms with E-state index in [9.17, 15) is 0 Å². The molecule has 0 aliphatic carbocycles. The highest BCUT2D eigenvalue weighted by Gasteiger charge is 1.95. The lowest BCUT2D eigenvalue weighted by Crippen LogP contribution is -1.84. The number of unbranched alkanes of at least 4 members (excludes halogenated alkanes) is 1. The zero-order valence-electron chi connectivity index (χ0n) is 12.7. The van der Waals surface area contributed by atoms with Crippen LogP contribution in [0.3, 0.4) is 0 Å². The first-order valence-corrected chi connectivity index (χ1v) is 7.15. The number of benzene rings is 1. The van der Waals surface area contributed by atoms with Crippen molar-refractivity contribution < 1.29 is 0 Å². The Morgan fingerprint density at radius 3 is 2.60 bits per heavy atom. The molecular formula is C18H24N2. The van der Waals surface area contributed by atoms with E-state index >= 15 is 0 Å². The minimum atomic E-state index is 0.285. The first-order valence-electron chi connectivity index (χ1n) is 7.15. The SMILES string of the molecule is C=CC(C)/C=C(\C=C/CCC)N=Nc1ccc(C)cc1. The molecule has 1 atom stereocenters. The summed E-state index contributed by atoms with van der Waals surface area (Å²) in [6.45, 7) is 10.1. The largest absolute Gasteiger partial charge is 0.151 e. The van der Waals surface area contributed by atoms with Crippen LogP contribution < -0.4 is 0 Å². The van der Waals surface area contributed by atoms with Crippen molar-refractivity contribution >= 4 is 5.69 Å². The van der Waals surface area contributed by atoms with Gasteiger partial charge >= 0.3 is 0 Å². The van der Waals surface area contributed by atoms with Crippen LogP contribution in [-0.4, -0.2) is 0 Å². The van der Waals surface area contributed by atoms with Crippen molar-refractivity contribution in [3.63, 3.8) is 0 Å². The van der Waals surface area contributed by atoms with Gasteiger partial charge in [0.25, 0.3) is 0 Å². The van der Waals surface area contributed by atoms with E-state index in [1.807, 2.05) is 36.4 Å². The second kappa shape index (κ2) is 9.03. The molecule has 0 aliphatic heterocycles. The summed E-state index contributed by atoms with van der Waals surface area (Å²) in [5.41, 5.74) is 2.98. The van der Waals surface area contributed by atoms with Gasteiger partial charge in [-0.05, 0) is 37.5 Å². The average Bonchev–Trinajstić information content (AvgIpc) is 2.46. The zero-order valence-corrected chi connectivity index (χ0v) is 12.7. The molecule has 2 heteroatoms. The summed E-state index contributed by atoms with van der Waals surface area (Å²) in [7, 11) is 0. The standard InChI is InChI=1S/C18H24N2/c1-5-7-8-9-18(14-15(3)6-2)20-19-17-12-10-16(4)11-13-17/h6,8-15H,2,5,7H2,1,3-4H3/b9-8-,18-14+,20-19?. The third-order valence-corrected chi connectivity index (χ3v) is 2.86. The Balaban J connectivity index is 2.85. The number of allylic oxidation sites excluding steroid dienone is 4. The van der Waals surface area contributed by atoms with Crippen LogP contribution >= 0.6 is 0 Å². The lowest BCUT2D eigenvalue weighted by Gasteiger charge is -1.99. The van der Waals surface area contributed by atoms with Gasteiger partial charge in [-0.2, -0.15) is 10.2 Å². The van der Waals surface area contributed by atoms with Gasteiger partial charge in [-0.15, -0.1) is 6.58 Å². The van der Waals surface area contributed by atoms with E-state index in [4.69, 9.17) is 0 Å². The van der Waals surface area contributed by atoms with Crippen LogP contribution in [-0.2, 0) is 0 Å². The Labute approximate surface area is 122 Å². The third kappa shape index (κ3) is 6.28. The summed E-state index contributed by atoms with van der Waals surface area (Å²) in [6.07, 6.45) is 10.3. The number of aryl methyl sites for hydroxylation is 1. The molecule has 0 aliphatic rings. The minimum Gasteiger partial charge on any atom is -0.151 e. The van der Waals surface area contributed by atoms with E-state index in [1.54, 1.807) is 0 Å². The van der Waals surface area contributed by atoms with Crippen molar-refractivity contribution in [1.29, 1.82) is 0 Å². The minimum absolute atomic E-state index is 0.285. The third-order valence-electron chi connectivity index (χ3n) is 2.86. The fourth-order valence-electron chi connectivity index (χ4n) is 1.56. The normalized spacial score (nSPS) is 14.1. The van der Waals surface area contributed by atoms with Gasteiger partial charge < -0.3 is 0 Å². The maximum absolute atomic E-state index is 4.33. The maximum atomic E-state index is 4.33. The fraction of sp³-hybridized carbons (Fsp3) is 0.333. The molecule has 1 rings (SSSR count). The summed E-state index contributed by atoms with van der Waals surface area (Å²) in [5.74, 6) is 0.285. The van der Waals surface area contributed by atoms with Crippen molar-refractivity contribution in [2.75, 3.05) is 0 Å². The second-order valence-corrected chi connectivity index (χ2v) is 4.91. The lowest BCUT2D eigenvalue weighted by molar-refractivity contribution is 0.920. The molecule has 0 aromatic heterocycles. The Kier molecular flexibility index (Phi) is 7.26. The highest BCUT2D eigenvalue weighted by Crippen LogP contribution is 2.16. The first-order chi connectivity index (χ1) is 9.65. The quantitative estimate of drug-likeness (QED) is 0.322. The molecule has 0 saturated carbocycles. The van der Waals surface area contributed by atoms with Crippen LogP contribution in [0.15, 0.2) is 71.1 Å². The summed E-state index contributed by atoms with van der Waals surface area (Å²) < 4.78 is 0. The molecule has 2 nitrogen and oxygen atoms in total. The van der Waals surface area contributed by atoms with E-state index in [0.717, 1.165) is 24.2 Å². The molecule has 0 N–H and O–H groups in total. The van der Waals surface area contributed by atoms with Crippen LogP contribution in [0.25, 0.3) is 0 Å². The molecule has 1 aromatic rings. The second-order valence-electron chi connectivity index (χ2n) is 4.91. The van der Waals surface area contributed by atoms with E-state index < -0.39 is 0 Å². The van der Waals surface area contributed by atoms with E-state index in [-0.39, 0.29) is 5.92 Å². The number of hydrogen-bond donors (Lipinski definition) is 0. The van der Waals surface area contributed by atoms with Gasteiger partial charge in [-0.3, -0.25) is 0 Å². The van der Waals surface area contributed by atoms with Gasteiger partial charge in [0.15, 0.2) is 0 Å². The summed E-state index contributed by atoms with van der Waals surface area (Å²) in [4.78, 5) is 0. The van der Waals surface area contributed by atoms with Crippen molar-refractivity contribution in [2.45, 2.75) is 33.6 Å². The predicted octanol–water partition coefficient (Wildman–Crippen LogP) is 6.14. The van der Waals surface area contributed by atoms with Gasteiger partial charge in [-0.25, -0.2) is 0 Å². The molecule has 0 bridgehead atoms. The Bertz CT molecular complexity index is 493. The molecule has 0 saturated heterocycles. The Morgan fingerprint density at radius 1 is 1.30 bits per heavy atom. The zero-order chi connectivity index (χ0) is 14.8. The topological polar surface area (TPSA) is 24.7 Å². The highest BCUT2D eigenvalue weighted by molar-refractivity contribution is 5.38. The van der Waals surface area contributed by atoms with E-state index in [2.05, 4.69) is 49.7 Å². The first kappa shape index (κ1) is 16.1. The molecule has 1 unspecified atom stereocenters. The van der Waals surface area contributed by atoms with Crippen LogP contribution in [0.5, 0.6) is 0 Å². The number of rotatable bonds is 7. The van der Waals surface area contributed by atoms with Gasteiger partial charge in [0.2, 0.25) is 0 Å². The summed E-state index contributed by atoms with van der Waals surface area (Å²) in [6, 6.07) is 8.03. The number of hydrogen-bond acceptors (Lipinski definition) is 2. The lowest BCUT2D eigenvalue weighted by atomic mass is 10.1. The molecule has 20 heavy (non-hydrogen) atoms. The Morgan fingerprint density at radius 2 is 2.00 bits per heavy atom. The van der Waals surface area contributed by atoms with Crippen molar-refractivity contribution in [2.24, 2.45) is 16.1 Å². The van der Waals surface area contributed by atoms with Crippen molar-refractivity contribution in [3.8, 4) is 0 Å². The van der Waals surface area contributed by atoms with Gasteiger partial charge in [0, 0.05) is 0 Å². The number of nitrogens with zero attached hydrogens (tertiary/aromatic N) is 2. The van der Waals surface area contributed by atoms with Gasteiger partial charge in [-0.1, -0.05) is 56.2 Å². The molecular weight excluding hydrogens is 244 g/mol. The molecule has 0 radical (unpaired) electrons.